The molecule has 8 heteroatoms. The van der Waals surface area contributed by atoms with Crippen LogP contribution in [0.5, 0.6) is 17.2 Å². The van der Waals surface area contributed by atoms with Crippen LogP contribution in [-0.4, -0.2) is 68.5 Å². The molecule has 0 saturated carbocycles. The van der Waals surface area contributed by atoms with Crippen LogP contribution in [0, 0.1) is 0 Å². The van der Waals surface area contributed by atoms with Gasteiger partial charge in [0.2, 0.25) is 11.7 Å². The van der Waals surface area contributed by atoms with E-state index in [0.717, 1.165) is 36.5 Å². The van der Waals surface area contributed by atoms with Gasteiger partial charge in [-0.1, -0.05) is 37.3 Å². The molecule has 1 aromatic heterocycles. The van der Waals surface area contributed by atoms with E-state index in [1.54, 1.807) is 21.3 Å². The van der Waals surface area contributed by atoms with Crippen LogP contribution in [0.25, 0.3) is 11.3 Å². The van der Waals surface area contributed by atoms with E-state index < -0.39 is 0 Å². The van der Waals surface area contributed by atoms with E-state index in [-0.39, 0.29) is 11.8 Å². The van der Waals surface area contributed by atoms with E-state index in [1.807, 2.05) is 59.5 Å². The summed E-state index contributed by atoms with van der Waals surface area (Å²) >= 11 is 0. The third kappa shape index (κ3) is 5.16. The van der Waals surface area contributed by atoms with Gasteiger partial charge in [0, 0.05) is 31.7 Å². The van der Waals surface area contributed by atoms with Gasteiger partial charge in [-0.2, -0.15) is 0 Å². The molecule has 35 heavy (non-hydrogen) atoms. The maximum Gasteiger partial charge on any atom is 0.230 e. The van der Waals surface area contributed by atoms with E-state index in [2.05, 4.69) is 22.0 Å². The van der Waals surface area contributed by atoms with Crippen molar-refractivity contribution in [1.29, 1.82) is 0 Å². The minimum Gasteiger partial charge on any atom is -0.493 e. The lowest BCUT2D eigenvalue weighted by molar-refractivity contribution is -0.133. The van der Waals surface area contributed by atoms with Crippen LogP contribution >= 0.6 is 0 Å². The fourth-order valence-electron chi connectivity index (χ4n) is 4.49. The lowest BCUT2D eigenvalue weighted by Crippen LogP contribution is -2.50. The Balaban J connectivity index is 1.43. The predicted octanol–water partition coefficient (Wildman–Crippen LogP) is 4.01. The number of piperazine rings is 1. The normalized spacial score (nSPS) is 14.4. The van der Waals surface area contributed by atoms with Crippen molar-refractivity contribution >= 4 is 11.7 Å². The smallest absolute Gasteiger partial charge is 0.230 e. The highest BCUT2D eigenvalue weighted by Crippen LogP contribution is 2.40. The van der Waals surface area contributed by atoms with Crippen molar-refractivity contribution in [2.45, 2.75) is 19.3 Å². The molecule has 184 valence electrons. The number of hydrogen-bond donors (Lipinski definition) is 0. The molecular weight excluding hydrogens is 444 g/mol. The van der Waals surface area contributed by atoms with Gasteiger partial charge in [0.1, 0.15) is 0 Å². The summed E-state index contributed by atoms with van der Waals surface area (Å²) in [5.41, 5.74) is 2.60. The Morgan fingerprint density at radius 2 is 1.54 bits per heavy atom. The number of hydrogen-bond acceptors (Lipinski definition) is 7. The number of aromatic nitrogens is 2. The van der Waals surface area contributed by atoms with Gasteiger partial charge in [-0.25, -0.2) is 0 Å². The molecule has 1 fully saturated rings. The average Bonchev–Trinajstić information content (AvgIpc) is 2.93. The van der Waals surface area contributed by atoms with E-state index in [9.17, 15) is 4.79 Å². The van der Waals surface area contributed by atoms with Gasteiger partial charge in [-0.15, -0.1) is 10.2 Å². The van der Waals surface area contributed by atoms with Crippen molar-refractivity contribution in [3.63, 3.8) is 0 Å². The summed E-state index contributed by atoms with van der Waals surface area (Å²) in [5.74, 6) is 2.56. The molecule has 2 heterocycles. The molecule has 0 bridgehead atoms. The maximum absolute atomic E-state index is 13.2. The molecule has 1 saturated heterocycles. The van der Waals surface area contributed by atoms with Crippen molar-refractivity contribution < 1.29 is 19.0 Å². The van der Waals surface area contributed by atoms with Gasteiger partial charge in [-0.05, 0) is 36.2 Å². The van der Waals surface area contributed by atoms with Gasteiger partial charge in [0.05, 0.1) is 32.9 Å². The van der Waals surface area contributed by atoms with Gasteiger partial charge in [-0.3, -0.25) is 4.79 Å². The van der Waals surface area contributed by atoms with E-state index >= 15 is 0 Å². The number of nitrogens with zero attached hydrogens (tertiary/aromatic N) is 4. The highest BCUT2D eigenvalue weighted by molar-refractivity contribution is 5.84. The first-order valence-corrected chi connectivity index (χ1v) is 11.8. The van der Waals surface area contributed by atoms with Gasteiger partial charge in [0.25, 0.3) is 0 Å². The van der Waals surface area contributed by atoms with Crippen molar-refractivity contribution in [3.8, 4) is 28.5 Å². The quantitative estimate of drug-likeness (QED) is 0.486. The standard InChI is InChI=1S/C27H32N4O4/c1-5-21(19-9-7-6-8-10-19)27(32)31-15-13-30(14-16-31)25-12-11-22(28-29-25)20-17-23(33-2)26(35-4)24(18-20)34-3/h6-12,17-18,21H,5,13-16H2,1-4H3. The second-order valence-corrected chi connectivity index (χ2v) is 8.37. The Morgan fingerprint density at radius 3 is 2.06 bits per heavy atom. The summed E-state index contributed by atoms with van der Waals surface area (Å²) in [6.07, 6.45) is 0.789. The summed E-state index contributed by atoms with van der Waals surface area (Å²) in [6, 6.07) is 17.6. The summed E-state index contributed by atoms with van der Waals surface area (Å²) in [6.45, 7) is 4.83. The third-order valence-corrected chi connectivity index (χ3v) is 6.43. The molecule has 0 radical (unpaired) electrons. The molecular formula is C27H32N4O4. The number of ether oxygens (including phenoxy) is 3. The third-order valence-electron chi connectivity index (χ3n) is 6.43. The van der Waals surface area contributed by atoms with Crippen LogP contribution < -0.4 is 19.1 Å². The second-order valence-electron chi connectivity index (χ2n) is 8.37. The number of carbonyl (C=O) groups excluding carboxylic acids is 1. The highest BCUT2D eigenvalue weighted by Gasteiger charge is 2.28. The summed E-state index contributed by atoms with van der Waals surface area (Å²) < 4.78 is 16.3. The minimum absolute atomic E-state index is 0.0969. The van der Waals surface area contributed by atoms with Gasteiger partial charge < -0.3 is 24.0 Å². The first-order chi connectivity index (χ1) is 17.1. The fraction of sp³-hybridized carbons (Fsp3) is 0.370. The second kappa shape index (κ2) is 11.1. The largest absolute Gasteiger partial charge is 0.493 e. The summed E-state index contributed by atoms with van der Waals surface area (Å²) in [4.78, 5) is 17.3. The number of amides is 1. The Morgan fingerprint density at radius 1 is 0.886 bits per heavy atom. The van der Waals surface area contributed by atoms with Crippen LogP contribution in [0.2, 0.25) is 0 Å². The number of rotatable bonds is 8. The Labute approximate surface area is 206 Å². The molecule has 4 rings (SSSR count). The first kappa shape index (κ1) is 24.3. The number of anilines is 1. The summed E-state index contributed by atoms with van der Waals surface area (Å²) in [5, 5.41) is 8.90. The van der Waals surface area contributed by atoms with E-state index in [1.165, 1.54) is 0 Å². The number of carbonyl (C=O) groups is 1. The van der Waals surface area contributed by atoms with Gasteiger partial charge >= 0.3 is 0 Å². The maximum atomic E-state index is 13.2. The zero-order valence-corrected chi connectivity index (χ0v) is 20.7. The van der Waals surface area contributed by atoms with Crippen LogP contribution in [0.3, 0.4) is 0 Å². The fourth-order valence-corrected chi connectivity index (χ4v) is 4.49. The topological polar surface area (TPSA) is 77.0 Å². The molecule has 0 spiro atoms. The zero-order chi connectivity index (χ0) is 24.8. The van der Waals surface area contributed by atoms with Crippen LogP contribution in [-0.2, 0) is 4.79 Å². The molecule has 1 aliphatic rings. The first-order valence-electron chi connectivity index (χ1n) is 11.8. The monoisotopic (exact) mass is 476 g/mol. The number of methoxy groups -OCH3 is 3. The molecule has 2 aromatic carbocycles. The molecule has 3 aromatic rings. The van der Waals surface area contributed by atoms with E-state index in [0.29, 0.717) is 36.0 Å². The molecule has 1 unspecified atom stereocenters. The Kier molecular flexibility index (Phi) is 7.70. The lowest BCUT2D eigenvalue weighted by atomic mass is 9.95. The predicted molar refractivity (Wildman–Crippen MR) is 135 cm³/mol. The van der Waals surface area contributed by atoms with Crippen molar-refractivity contribution in [2.24, 2.45) is 0 Å². The highest BCUT2D eigenvalue weighted by atomic mass is 16.5. The molecule has 1 amide bonds. The van der Waals surface area contributed by atoms with Crippen LogP contribution in [0.15, 0.2) is 54.6 Å². The van der Waals surface area contributed by atoms with Crippen molar-refractivity contribution in [1.82, 2.24) is 15.1 Å². The van der Waals surface area contributed by atoms with Crippen molar-refractivity contribution in [2.75, 3.05) is 52.4 Å². The molecule has 0 aliphatic carbocycles. The lowest BCUT2D eigenvalue weighted by Gasteiger charge is -2.36. The molecule has 0 N–H and O–H groups in total. The SMILES string of the molecule is CCC(C(=O)N1CCN(c2ccc(-c3cc(OC)c(OC)c(OC)c3)nn2)CC1)c1ccccc1. The van der Waals surface area contributed by atoms with E-state index in [4.69, 9.17) is 14.2 Å². The minimum atomic E-state index is -0.0969. The number of benzene rings is 2. The Bertz CT molecular complexity index is 1100. The zero-order valence-electron chi connectivity index (χ0n) is 20.7. The Hall–Kier alpha value is -3.81. The summed E-state index contributed by atoms with van der Waals surface area (Å²) in [7, 11) is 4.75. The van der Waals surface area contributed by atoms with Crippen LogP contribution in [0.4, 0.5) is 5.82 Å². The molecule has 1 atom stereocenters. The van der Waals surface area contributed by atoms with Crippen molar-refractivity contribution in [3.05, 3.63) is 60.2 Å². The van der Waals surface area contributed by atoms with Gasteiger partial charge in [0.15, 0.2) is 17.3 Å². The van der Waals surface area contributed by atoms with Crippen LogP contribution in [0.1, 0.15) is 24.8 Å². The molecule has 1 aliphatic heterocycles. The average molecular weight is 477 g/mol. The molecule has 8 nitrogen and oxygen atoms in total.